The van der Waals surface area contributed by atoms with E-state index in [9.17, 15) is 0 Å². The molecule has 1 aliphatic heterocycles. The normalized spacial score (nSPS) is 19.1. The monoisotopic (exact) mass is 234 g/mol. The molecule has 2 rings (SSSR count). The van der Waals surface area contributed by atoms with Crippen LogP contribution in [0.2, 0.25) is 0 Å². The number of ether oxygens (including phenoxy) is 1. The SMILES string of the molecule is NCCCC(c1ccccc1)N1CCOCC1. The molecule has 1 aliphatic rings. The Balaban J connectivity index is 2.06. The van der Waals surface area contributed by atoms with Crippen LogP contribution in [0, 0.1) is 0 Å². The fourth-order valence-corrected chi connectivity index (χ4v) is 2.44. The molecular formula is C14H22N2O. The van der Waals surface area contributed by atoms with Crippen molar-refractivity contribution in [1.29, 1.82) is 0 Å². The van der Waals surface area contributed by atoms with Crippen LogP contribution in [0.1, 0.15) is 24.4 Å². The van der Waals surface area contributed by atoms with E-state index in [-0.39, 0.29) is 0 Å². The standard InChI is InChI=1S/C14H22N2O/c15-8-4-7-14(13-5-2-1-3-6-13)16-9-11-17-12-10-16/h1-3,5-6,14H,4,7-12,15H2. The summed E-state index contributed by atoms with van der Waals surface area (Å²) in [7, 11) is 0. The smallest absolute Gasteiger partial charge is 0.0594 e. The summed E-state index contributed by atoms with van der Waals surface area (Å²) in [6.45, 7) is 4.54. The number of nitrogens with zero attached hydrogens (tertiary/aromatic N) is 1. The van der Waals surface area contributed by atoms with Gasteiger partial charge in [0.15, 0.2) is 0 Å². The Morgan fingerprint density at radius 1 is 1.18 bits per heavy atom. The molecule has 1 heterocycles. The predicted molar refractivity (Wildman–Crippen MR) is 69.9 cm³/mol. The van der Waals surface area contributed by atoms with Gasteiger partial charge in [0, 0.05) is 19.1 Å². The van der Waals surface area contributed by atoms with Crippen LogP contribution in [0.15, 0.2) is 30.3 Å². The number of morpholine rings is 1. The summed E-state index contributed by atoms with van der Waals surface area (Å²) in [6.07, 6.45) is 2.22. The fourth-order valence-electron chi connectivity index (χ4n) is 2.44. The minimum absolute atomic E-state index is 0.503. The number of hydrogen-bond donors (Lipinski definition) is 1. The molecule has 2 N–H and O–H groups in total. The molecule has 1 aromatic carbocycles. The van der Waals surface area contributed by atoms with Crippen LogP contribution in [-0.2, 0) is 4.74 Å². The van der Waals surface area contributed by atoms with E-state index in [0.29, 0.717) is 6.04 Å². The first kappa shape index (κ1) is 12.6. The molecule has 17 heavy (non-hydrogen) atoms. The number of nitrogens with two attached hydrogens (primary N) is 1. The molecule has 1 unspecified atom stereocenters. The van der Waals surface area contributed by atoms with Gasteiger partial charge >= 0.3 is 0 Å². The zero-order valence-electron chi connectivity index (χ0n) is 10.3. The lowest BCUT2D eigenvalue weighted by atomic mass is 10.00. The topological polar surface area (TPSA) is 38.5 Å². The molecule has 3 heteroatoms. The van der Waals surface area contributed by atoms with Gasteiger partial charge in [-0.1, -0.05) is 30.3 Å². The summed E-state index contributed by atoms with van der Waals surface area (Å²) < 4.78 is 5.42. The zero-order chi connectivity index (χ0) is 11.9. The van der Waals surface area contributed by atoms with Gasteiger partial charge in [0.05, 0.1) is 13.2 Å². The summed E-state index contributed by atoms with van der Waals surface area (Å²) in [4.78, 5) is 2.52. The highest BCUT2D eigenvalue weighted by molar-refractivity contribution is 5.19. The van der Waals surface area contributed by atoms with Crippen LogP contribution in [0.3, 0.4) is 0 Å². The van der Waals surface area contributed by atoms with Gasteiger partial charge in [-0.05, 0) is 24.9 Å². The molecule has 0 spiro atoms. The van der Waals surface area contributed by atoms with Crippen molar-refractivity contribution in [3.63, 3.8) is 0 Å². The maximum Gasteiger partial charge on any atom is 0.0594 e. The Labute approximate surface area is 104 Å². The van der Waals surface area contributed by atoms with E-state index in [2.05, 4.69) is 35.2 Å². The third kappa shape index (κ3) is 3.53. The first-order valence-electron chi connectivity index (χ1n) is 6.48. The third-order valence-electron chi connectivity index (χ3n) is 3.35. The van der Waals surface area contributed by atoms with E-state index in [1.165, 1.54) is 5.56 Å². The second-order valence-corrected chi connectivity index (χ2v) is 4.51. The highest BCUT2D eigenvalue weighted by Gasteiger charge is 2.21. The molecule has 94 valence electrons. The van der Waals surface area contributed by atoms with Crippen molar-refractivity contribution >= 4 is 0 Å². The average molecular weight is 234 g/mol. The lowest BCUT2D eigenvalue weighted by Crippen LogP contribution is -2.39. The fraction of sp³-hybridized carbons (Fsp3) is 0.571. The van der Waals surface area contributed by atoms with Gasteiger partial charge in [0.25, 0.3) is 0 Å². The summed E-state index contributed by atoms with van der Waals surface area (Å²) in [5.41, 5.74) is 7.05. The van der Waals surface area contributed by atoms with Crippen molar-refractivity contribution in [2.45, 2.75) is 18.9 Å². The third-order valence-corrected chi connectivity index (χ3v) is 3.35. The molecule has 1 saturated heterocycles. The minimum atomic E-state index is 0.503. The molecule has 0 saturated carbocycles. The summed E-state index contributed by atoms with van der Waals surface area (Å²) in [5.74, 6) is 0. The van der Waals surface area contributed by atoms with Gasteiger partial charge in [0.2, 0.25) is 0 Å². The van der Waals surface area contributed by atoms with Gasteiger partial charge in [0.1, 0.15) is 0 Å². The van der Waals surface area contributed by atoms with Crippen molar-refractivity contribution in [1.82, 2.24) is 4.90 Å². The Bertz CT molecular complexity index is 309. The average Bonchev–Trinajstić information content (AvgIpc) is 2.42. The van der Waals surface area contributed by atoms with Crippen LogP contribution in [0.4, 0.5) is 0 Å². The van der Waals surface area contributed by atoms with Gasteiger partial charge in [-0.3, -0.25) is 4.90 Å². The lowest BCUT2D eigenvalue weighted by molar-refractivity contribution is 0.0139. The second kappa shape index (κ2) is 6.74. The Hall–Kier alpha value is -0.900. The highest BCUT2D eigenvalue weighted by Crippen LogP contribution is 2.26. The van der Waals surface area contributed by atoms with Crippen molar-refractivity contribution in [3.8, 4) is 0 Å². The van der Waals surface area contributed by atoms with E-state index < -0.39 is 0 Å². The molecule has 0 radical (unpaired) electrons. The molecular weight excluding hydrogens is 212 g/mol. The Kier molecular flexibility index (Phi) is 4.98. The molecule has 0 aliphatic carbocycles. The van der Waals surface area contributed by atoms with Crippen LogP contribution >= 0.6 is 0 Å². The van der Waals surface area contributed by atoms with Crippen molar-refractivity contribution < 1.29 is 4.74 Å². The van der Waals surface area contributed by atoms with Crippen molar-refractivity contribution in [3.05, 3.63) is 35.9 Å². The van der Waals surface area contributed by atoms with E-state index in [4.69, 9.17) is 10.5 Å². The Morgan fingerprint density at radius 3 is 2.53 bits per heavy atom. The molecule has 0 aromatic heterocycles. The maximum atomic E-state index is 5.64. The first-order valence-corrected chi connectivity index (χ1v) is 6.48. The van der Waals surface area contributed by atoms with Crippen molar-refractivity contribution in [2.75, 3.05) is 32.8 Å². The minimum Gasteiger partial charge on any atom is -0.379 e. The second-order valence-electron chi connectivity index (χ2n) is 4.51. The molecule has 0 bridgehead atoms. The highest BCUT2D eigenvalue weighted by atomic mass is 16.5. The van der Waals surface area contributed by atoms with Gasteiger partial charge in [-0.15, -0.1) is 0 Å². The number of rotatable bonds is 5. The van der Waals surface area contributed by atoms with Gasteiger partial charge in [-0.25, -0.2) is 0 Å². The van der Waals surface area contributed by atoms with Crippen molar-refractivity contribution in [2.24, 2.45) is 5.73 Å². The largest absolute Gasteiger partial charge is 0.379 e. The lowest BCUT2D eigenvalue weighted by Gasteiger charge is -2.34. The first-order chi connectivity index (χ1) is 8.42. The number of benzene rings is 1. The van der Waals surface area contributed by atoms with E-state index in [1.54, 1.807) is 0 Å². The van der Waals surface area contributed by atoms with Gasteiger partial charge < -0.3 is 10.5 Å². The van der Waals surface area contributed by atoms with Crippen LogP contribution in [-0.4, -0.2) is 37.7 Å². The maximum absolute atomic E-state index is 5.64. The van der Waals surface area contributed by atoms with Crippen LogP contribution < -0.4 is 5.73 Å². The van der Waals surface area contributed by atoms with Gasteiger partial charge in [-0.2, -0.15) is 0 Å². The van der Waals surface area contributed by atoms with E-state index in [1.807, 2.05) is 0 Å². The zero-order valence-corrected chi connectivity index (χ0v) is 10.3. The summed E-state index contributed by atoms with van der Waals surface area (Å²) in [5, 5.41) is 0. The number of hydrogen-bond acceptors (Lipinski definition) is 3. The van der Waals surface area contributed by atoms with Crippen LogP contribution in [0.25, 0.3) is 0 Å². The predicted octanol–water partition coefficient (Wildman–Crippen LogP) is 1.80. The Morgan fingerprint density at radius 2 is 1.88 bits per heavy atom. The van der Waals surface area contributed by atoms with E-state index >= 15 is 0 Å². The molecule has 1 aromatic rings. The molecule has 1 fully saturated rings. The van der Waals surface area contributed by atoms with Crippen LogP contribution in [0.5, 0.6) is 0 Å². The molecule has 3 nitrogen and oxygen atoms in total. The summed E-state index contributed by atoms with van der Waals surface area (Å²) >= 11 is 0. The molecule has 0 amide bonds. The quantitative estimate of drug-likeness (QED) is 0.844. The van der Waals surface area contributed by atoms with E-state index in [0.717, 1.165) is 45.7 Å². The molecule has 1 atom stereocenters. The summed E-state index contributed by atoms with van der Waals surface area (Å²) in [6, 6.07) is 11.2.